The van der Waals surface area contributed by atoms with Crippen molar-refractivity contribution in [2.45, 2.75) is 32.4 Å². The van der Waals surface area contributed by atoms with Gasteiger partial charge in [-0.1, -0.05) is 18.6 Å². The van der Waals surface area contributed by atoms with Crippen LogP contribution in [0, 0.1) is 11.3 Å². The molecule has 2 aromatic heterocycles. The molecule has 138 valence electrons. The molecule has 0 aromatic carbocycles. The maximum absolute atomic E-state index is 6.15. The number of fused-ring (bicyclic) bond motifs is 1. The number of hydrogen-bond donors (Lipinski definition) is 0. The molecular weight excluding hydrogens is 326 g/mol. The second-order valence-corrected chi connectivity index (χ2v) is 7.65. The van der Waals surface area contributed by atoms with E-state index in [1.54, 1.807) is 19.5 Å². The van der Waals surface area contributed by atoms with Crippen molar-refractivity contribution < 1.29 is 9.47 Å². The Morgan fingerprint density at radius 2 is 2.19 bits per heavy atom. The van der Waals surface area contributed by atoms with Crippen molar-refractivity contribution in [1.82, 2.24) is 14.9 Å². The predicted octanol–water partition coefficient (Wildman–Crippen LogP) is 3.30. The summed E-state index contributed by atoms with van der Waals surface area (Å²) in [6.07, 6.45) is 9.39. The first kappa shape index (κ1) is 17.4. The van der Waals surface area contributed by atoms with E-state index in [4.69, 9.17) is 9.47 Å². The van der Waals surface area contributed by atoms with Crippen molar-refractivity contribution in [3.05, 3.63) is 54.0 Å². The molecule has 0 spiro atoms. The van der Waals surface area contributed by atoms with Crippen LogP contribution in [0.25, 0.3) is 0 Å². The Morgan fingerprint density at radius 3 is 3.04 bits per heavy atom. The van der Waals surface area contributed by atoms with E-state index in [0.717, 1.165) is 43.6 Å². The van der Waals surface area contributed by atoms with Crippen molar-refractivity contribution in [3.63, 3.8) is 0 Å². The summed E-state index contributed by atoms with van der Waals surface area (Å²) in [5.74, 6) is 1.48. The van der Waals surface area contributed by atoms with E-state index < -0.39 is 0 Å². The predicted molar refractivity (Wildman–Crippen MR) is 99.7 cm³/mol. The summed E-state index contributed by atoms with van der Waals surface area (Å²) < 4.78 is 11.6. The highest BCUT2D eigenvalue weighted by molar-refractivity contribution is 5.25. The Hall–Kier alpha value is -1.98. The van der Waals surface area contributed by atoms with Gasteiger partial charge < -0.3 is 9.47 Å². The lowest BCUT2D eigenvalue weighted by Gasteiger charge is -2.29. The van der Waals surface area contributed by atoms with Gasteiger partial charge in [-0.15, -0.1) is 0 Å². The van der Waals surface area contributed by atoms with E-state index in [1.807, 2.05) is 18.3 Å². The molecule has 1 saturated heterocycles. The zero-order valence-electron chi connectivity index (χ0n) is 15.4. The van der Waals surface area contributed by atoms with Gasteiger partial charge in [-0.3, -0.25) is 9.88 Å². The van der Waals surface area contributed by atoms with Gasteiger partial charge in [0.1, 0.15) is 0 Å². The highest BCUT2D eigenvalue weighted by Crippen LogP contribution is 2.49. The largest absolute Gasteiger partial charge is 0.481 e. The van der Waals surface area contributed by atoms with Crippen LogP contribution in [0.3, 0.4) is 0 Å². The van der Waals surface area contributed by atoms with Crippen LogP contribution >= 0.6 is 0 Å². The third-order valence-electron chi connectivity index (χ3n) is 5.93. The van der Waals surface area contributed by atoms with Gasteiger partial charge in [0.15, 0.2) is 0 Å². The minimum Gasteiger partial charge on any atom is -0.481 e. The van der Waals surface area contributed by atoms with E-state index in [1.165, 1.54) is 24.8 Å². The van der Waals surface area contributed by atoms with Crippen LogP contribution in [0.4, 0.5) is 0 Å². The van der Waals surface area contributed by atoms with E-state index in [9.17, 15) is 0 Å². The molecule has 2 aliphatic rings. The molecule has 2 atom stereocenters. The first-order valence-electron chi connectivity index (χ1n) is 9.46. The van der Waals surface area contributed by atoms with Crippen LogP contribution in [0.1, 0.15) is 30.4 Å². The van der Waals surface area contributed by atoms with Gasteiger partial charge in [-0.2, -0.15) is 0 Å². The van der Waals surface area contributed by atoms with Crippen molar-refractivity contribution in [2.24, 2.45) is 11.3 Å². The second kappa shape index (κ2) is 7.72. The fourth-order valence-corrected chi connectivity index (χ4v) is 4.71. The molecule has 2 fully saturated rings. The Kier molecular flexibility index (Phi) is 5.18. The van der Waals surface area contributed by atoms with Gasteiger partial charge in [0.2, 0.25) is 5.88 Å². The molecule has 1 aliphatic heterocycles. The normalized spacial score (nSPS) is 25.3. The second-order valence-electron chi connectivity index (χ2n) is 7.65. The molecule has 0 radical (unpaired) electrons. The number of likely N-dealkylation sites (tertiary alicyclic amines) is 1. The zero-order chi connectivity index (χ0) is 17.8. The fraction of sp³-hybridized carbons (Fsp3) is 0.524. The van der Waals surface area contributed by atoms with Crippen molar-refractivity contribution in [1.29, 1.82) is 0 Å². The molecule has 3 heterocycles. The highest BCUT2D eigenvalue weighted by Gasteiger charge is 2.49. The molecule has 26 heavy (non-hydrogen) atoms. The average molecular weight is 353 g/mol. The van der Waals surface area contributed by atoms with Crippen LogP contribution in [0.15, 0.2) is 42.9 Å². The molecule has 2 aromatic rings. The molecular formula is C21H27N3O2. The van der Waals surface area contributed by atoms with Crippen molar-refractivity contribution in [3.8, 4) is 5.88 Å². The highest BCUT2D eigenvalue weighted by atomic mass is 16.5. The third kappa shape index (κ3) is 3.60. The molecule has 4 rings (SSSR count). The number of ether oxygens (including phenoxy) is 2. The minimum absolute atomic E-state index is 0.303. The van der Waals surface area contributed by atoms with Gasteiger partial charge in [0.05, 0.1) is 20.3 Å². The lowest BCUT2D eigenvalue weighted by molar-refractivity contribution is 0.0265. The quantitative estimate of drug-likeness (QED) is 0.764. The van der Waals surface area contributed by atoms with Crippen LogP contribution < -0.4 is 4.74 Å². The molecule has 0 bridgehead atoms. The molecule has 0 unspecified atom stereocenters. The number of methoxy groups -OCH3 is 1. The standard InChI is InChI=1S/C21H27N3O2/c1-25-20-18(6-4-10-23-20)12-24-13-19-7-2-8-21(19,15-24)16-26-14-17-5-3-9-22-11-17/h3-6,9-11,19H,2,7-8,12-16H2,1H3/t19-,21+/m1/s1. The lowest BCUT2D eigenvalue weighted by Crippen LogP contribution is -2.32. The summed E-state index contributed by atoms with van der Waals surface area (Å²) in [4.78, 5) is 11.1. The van der Waals surface area contributed by atoms with Gasteiger partial charge in [-0.25, -0.2) is 4.98 Å². The summed E-state index contributed by atoms with van der Waals surface area (Å²) >= 11 is 0. The topological polar surface area (TPSA) is 47.5 Å². The molecule has 1 saturated carbocycles. The van der Waals surface area contributed by atoms with Crippen LogP contribution in [0.2, 0.25) is 0 Å². The number of pyridine rings is 2. The first-order chi connectivity index (χ1) is 12.8. The monoisotopic (exact) mass is 353 g/mol. The molecule has 5 nitrogen and oxygen atoms in total. The summed E-state index contributed by atoms with van der Waals surface area (Å²) in [6.45, 7) is 4.64. The summed E-state index contributed by atoms with van der Waals surface area (Å²) in [6, 6.07) is 8.15. The van der Waals surface area contributed by atoms with Crippen LogP contribution in [-0.4, -0.2) is 41.7 Å². The number of hydrogen-bond acceptors (Lipinski definition) is 5. The summed E-state index contributed by atoms with van der Waals surface area (Å²) in [7, 11) is 1.69. The molecule has 5 heteroatoms. The van der Waals surface area contributed by atoms with Gasteiger partial charge in [0, 0.05) is 49.2 Å². The SMILES string of the molecule is COc1ncccc1CN1C[C@H]2CCC[C@@]2(COCc2cccnc2)C1. The Balaban J connectivity index is 1.38. The van der Waals surface area contributed by atoms with Crippen LogP contribution in [-0.2, 0) is 17.9 Å². The smallest absolute Gasteiger partial charge is 0.217 e. The Bertz CT molecular complexity index is 724. The first-order valence-corrected chi connectivity index (χ1v) is 9.46. The van der Waals surface area contributed by atoms with E-state index in [2.05, 4.69) is 27.0 Å². The van der Waals surface area contributed by atoms with Crippen molar-refractivity contribution in [2.75, 3.05) is 26.8 Å². The number of aromatic nitrogens is 2. The summed E-state index contributed by atoms with van der Waals surface area (Å²) in [5.41, 5.74) is 2.62. The Morgan fingerprint density at radius 1 is 1.27 bits per heavy atom. The molecule has 1 aliphatic carbocycles. The van der Waals surface area contributed by atoms with E-state index in [-0.39, 0.29) is 0 Å². The Labute approximate surface area is 155 Å². The zero-order valence-corrected chi connectivity index (χ0v) is 15.4. The average Bonchev–Trinajstić information content (AvgIpc) is 3.19. The van der Waals surface area contributed by atoms with E-state index in [0.29, 0.717) is 12.0 Å². The maximum Gasteiger partial charge on any atom is 0.217 e. The van der Waals surface area contributed by atoms with E-state index >= 15 is 0 Å². The summed E-state index contributed by atoms with van der Waals surface area (Å²) in [5, 5.41) is 0. The lowest BCUT2D eigenvalue weighted by atomic mass is 9.81. The van der Waals surface area contributed by atoms with Gasteiger partial charge in [-0.05, 0) is 36.5 Å². The van der Waals surface area contributed by atoms with Gasteiger partial charge >= 0.3 is 0 Å². The third-order valence-corrected chi connectivity index (χ3v) is 5.93. The van der Waals surface area contributed by atoms with Crippen LogP contribution in [0.5, 0.6) is 5.88 Å². The van der Waals surface area contributed by atoms with Gasteiger partial charge in [0.25, 0.3) is 0 Å². The number of nitrogens with zero attached hydrogens (tertiary/aromatic N) is 3. The fourth-order valence-electron chi connectivity index (χ4n) is 4.71. The maximum atomic E-state index is 6.15. The molecule has 0 N–H and O–H groups in total. The van der Waals surface area contributed by atoms with Crippen molar-refractivity contribution >= 4 is 0 Å². The number of rotatable bonds is 7. The molecule has 0 amide bonds. The minimum atomic E-state index is 0.303.